The van der Waals surface area contributed by atoms with E-state index >= 15 is 0 Å². The zero-order valence-electron chi connectivity index (χ0n) is 7.08. The average Bonchev–Trinajstić information content (AvgIpc) is 2.65. The molecule has 2 nitrogen and oxygen atoms in total. The molecule has 1 N–H and O–H groups in total. The van der Waals surface area contributed by atoms with E-state index in [1.165, 1.54) is 10.8 Å². The molecule has 0 fully saturated rings. The first-order valence-corrected chi connectivity index (χ1v) is 4.33. The van der Waals surface area contributed by atoms with Crippen molar-refractivity contribution in [3.8, 4) is 5.75 Å². The first-order chi connectivity index (χ1) is 6.45. The molecule has 2 aromatic rings. The van der Waals surface area contributed by atoms with Crippen LogP contribution in [0.25, 0.3) is 10.8 Å². The van der Waals surface area contributed by atoms with Crippen LogP contribution < -0.4 is 10.1 Å². The number of hydrogen-bond acceptors (Lipinski definition) is 2. The Hall–Kier alpha value is -1.70. The van der Waals surface area contributed by atoms with Crippen molar-refractivity contribution >= 4 is 16.5 Å². The van der Waals surface area contributed by atoms with Crippen LogP contribution >= 0.6 is 0 Å². The van der Waals surface area contributed by atoms with Gasteiger partial charge in [-0.2, -0.15) is 0 Å². The zero-order valence-corrected chi connectivity index (χ0v) is 7.08. The number of ether oxygens (including phenoxy) is 1. The fourth-order valence-corrected chi connectivity index (χ4v) is 1.74. The summed E-state index contributed by atoms with van der Waals surface area (Å²) < 4.78 is 5.40. The quantitative estimate of drug-likeness (QED) is 0.657. The summed E-state index contributed by atoms with van der Waals surface area (Å²) >= 11 is 0. The number of nitrogens with one attached hydrogen (secondary N) is 1. The fraction of sp³-hybridized carbons (Fsp3) is 0.0909. The summed E-state index contributed by atoms with van der Waals surface area (Å²) in [5, 5.41) is 5.70. The molecule has 0 spiro atoms. The molecule has 0 atom stereocenters. The van der Waals surface area contributed by atoms with Gasteiger partial charge in [0, 0.05) is 5.39 Å². The van der Waals surface area contributed by atoms with E-state index in [0.717, 1.165) is 11.4 Å². The highest BCUT2D eigenvalue weighted by atomic mass is 16.5. The summed E-state index contributed by atoms with van der Waals surface area (Å²) in [5.41, 5.74) is 1.12. The third kappa shape index (κ3) is 0.886. The molecule has 0 aliphatic carbocycles. The summed E-state index contributed by atoms with van der Waals surface area (Å²) in [6.45, 7) is 0.587. The Kier molecular flexibility index (Phi) is 1.25. The predicted octanol–water partition coefficient (Wildman–Crippen LogP) is 2.60. The minimum Gasteiger partial charge on any atom is -0.471 e. The number of fused-ring (bicyclic) bond motifs is 3. The molecule has 0 aromatic heterocycles. The highest BCUT2D eigenvalue weighted by molar-refractivity contribution is 5.97. The lowest BCUT2D eigenvalue weighted by atomic mass is 10.1. The van der Waals surface area contributed by atoms with E-state index in [1.807, 2.05) is 18.2 Å². The summed E-state index contributed by atoms with van der Waals surface area (Å²) in [6.07, 6.45) is 0. The summed E-state index contributed by atoms with van der Waals surface area (Å²) in [7, 11) is 0. The van der Waals surface area contributed by atoms with Crippen LogP contribution in [0.1, 0.15) is 0 Å². The predicted molar refractivity (Wildman–Crippen MR) is 53.1 cm³/mol. The van der Waals surface area contributed by atoms with Gasteiger partial charge in [-0.1, -0.05) is 30.3 Å². The Labute approximate surface area is 76.1 Å². The van der Waals surface area contributed by atoms with Crippen molar-refractivity contribution in [3.05, 3.63) is 36.4 Å². The summed E-state index contributed by atoms with van der Waals surface area (Å²) in [6, 6.07) is 12.4. The average molecular weight is 171 g/mol. The first kappa shape index (κ1) is 6.78. The maximum Gasteiger partial charge on any atom is 0.159 e. The van der Waals surface area contributed by atoms with Crippen LogP contribution in [-0.2, 0) is 0 Å². The molecule has 3 rings (SSSR count). The first-order valence-electron chi connectivity index (χ1n) is 4.33. The minimum atomic E-state index is 0.587. The normalized spacial score (nSPS) is 13.5. The maximum atomic E-state index is 5.40. The SMILES string of the molecule is c1ccc2c3c(ccc2c1)OCN3. The largest absolute Gasteiger partial charge is 0.471 e. The van der Waals surface area contributed by atoms with E-state index in [0.29, 0.717) is 6.73 Å². The smallest absolute Gasteiger partial charge is 0.159 e. The molecule has 2 heteroatoms. The van der Waals surface area contributed by atoms with Crippen molar-refractivity contribution in [1.29, 1.82) is 0 Å². The van der Waals surface area contributed by atoms with Gasteiger partial charge >= 0.3 is 0 Å². The molecular weight excluding hydrogens is 162 g/mol. The second-order valence-corrected chi connectivity index (χ2v) is 3.13. The van der Waals surface area contributed by atoms with Crippen LogP contribution in [0, 0.1) is 0 Å². The van der Waals surface area contributed by atoms with Gasteiger partial charge in [-0.3, -0.25) is 0 Å². The van der Waals surface area contributed by atoms with Gasteiger partial charge in [-0.15, -0.1) is 0 Å². The third-order valence-electron chi connectivity index (χ3n) is 2.37. The van der Waals surface area contributed by atoms with Gasteiger partial charge in [0.05, 0.1) is 5.69 Å². The lowest BCUT2D eigenvalue weighted by molar-refractivity contribution is 0.372. The lowest BCUT2D eigenvalue weighted by Crippen LogP contribution is -1.96. The van der Waals surface area contributed by atoms with Gasteiger partial charge in [0.1, 0.15) is 5.75 Å². The van der Waals surface area contributed by atoms with E-state index in [-0.39, 0.29) is 0 Å². The van der Waals surface area contributed by atoms with Gasteiger partial charge in [-0.05, 0) is 11.5 Å². The molecular formula is C11H9NO. The molecule has 0 bridgehead atoms. The van der Waals surface area contributed by atoms with E-state index in [1.54, 1.807) is 0 Å². The van der Waals surface area contributed by atoms with Crippen LogP contribution in [-0.4, -0.2) is 6.73 Å². The molecule has 0 saturated carbocycles. The monoisotopic (exact) mass is 171 g/mol. The molecule has 1 heterocycles. The van der Waals surface area contributed by atoms with Gasteiger partial charge < -0.3 is 10.1 Å². The highest BCUT2D eigenvalue weighted by Crippen LogP contribution is 2.35. The van der Waals surface area contributed by atoms with E-state index in [4.69, 9.17) is 4.74 Å². The standard InChI is InChI=1S/C11H9NO/c1-2-4-9-8(3-1)5-6-10-11(9)12-7-13-10/h1-6,12H,7H2. The Morgan fingerprint density at radius 1 is 1.08 bits per heavy atom. The van der Waals surface area contributed by atoms with Crippen molar-refractivity contribution < 1.29 is 4.74 Å². The van der Waals surface area contributed by atoms with E-state index in [2.05, 4.69) is 23.5 Å². The van der Waals surface area contributed by atoms with Crippen molar-refractivity contribution in [2.24, 2.45) is 0 Å². The Bertz CT molecular complexity index is 465. The molecule has 64 valence electrons. The lowest BCUT2D eigenvalue weighted by Gasteiger charge is -2.02. The third-order valence-corrected chi connectivity index (χ3v) is 2.37. The van der Waals surface area contributed by atoms with Crippen molar-refractivity contribution in [1.82, 2.24) is 0 Å². The van der Waals surface area contributed by atoms with Crippen LogP contribution in [0.4, 0.5) is 5.69 Å². The van der Waals surface area contributed by atoms with Crippen LogP contribution in [0.5, 0.6) is 5.75 Å². The molecule has 0 radical (unpaired) electrons. The topological polar surface area (TPSA) is 21.3 Å². The van der Waals surface area contributed by atoms with Gasteiger partial charge in [0.2, 0.25) is 0 Å². The second kappa shape index (κ2) is 2.39. The summed E-state index contributed by atoms with van der Waals surface area (Å²) in [4.78, 5) is 0. The number of benzene rings is 2. The van der Waals surface area contributed by atoms with Gasteiger partial charge in [0.25, 0.3) is 0 Å². The number of anilines is 1. The number of hydrogen-bond donors (Lipinski definition) is 1. The second-order valence-electron chi connectivity index (χ2n) is 3.13. The molecule has 13 heavy (non-hydrogen) atoms. The van der Waals surface area contributed by atoms with E-state index in [9.17, 15) is 0 Å². The van der Waals surface area contributed by atoms with E-state index < -0.39 is 0 Å². The summed E-state index contributed by atoms with van der Waals surface area (Å²) in [5.74, 6) is 0.957. The fourth-order valence-electron chi connectivity index (χ4n) is 1.74. The van der Waals surface area contributed by atoms with Gasteiger partial charge in [-0.25, -0.2) is 0 Å². The van der Waals surface area contributed by atoms with Crippen LogP contribution in [0.3, 0.4) is 0 Å². The van der Waals surface area contributed by atoms with Gasteiger partial charge in [0.15, 0.2) is 6.73 Å². The minimum absolute atomic E-state index is 0.587. The molecule has 1 aliphatic rings. The molecule has 0 saturated heterocycles. The molecule has 2 aromatic carbocycles. The Balaban J connectivity index is 2.43. The highest BCUT2D eigenvalue weighted by Gasteiger charge is 2.12. The maximum absolute atomic E-state index is 5.40. The Morgan fingerprint density at radius 2 is 2.00 bits per heavy atom. The van der Waals surface area contributed by atoms with Crippen molar-refractivity contribution in [2.45, 2.75) is 0 Å². The zero-order chi connectivity index (χ0) is 8.67. The molecule has 1 aliphatic heterocycles. The van der Waals surface area contributed by atoms with Crippen LogP contribution in [0.2, 0.25) is 0 Å². The number of rotatable bonds is 0. The Morgan fingerprint density at radius 3 is 3.00 bits per heavy atom. The van der Waals surface area contributed by atoms with Crippen molar-refractivity contribution in [2.75, 3.05) is 12.0 Å². The van der Waals surface area contributed by atoms with Crippen LogP contribution in [0.15, 0.2) is 36.4 Å². The van der Waals surface area contributed by atoms with Crippen molar-refractivity contribution in [3.63, 3.8) is 0 Å². The molecule has 0 unspecified atom stereocenters. The molecule has 0 amide bonds.